The fraction of sp³-hybridized carbons (Fsp3) is 0.0870. The number of Topliss-reactive ketones (excluding diaryl/α,β-unsaturated/α-hetero) is 1. The van der Waals surface area contributed by atoms with Gasteiger partial charge in [-0.05, 0) is 66.6 Å². The summed E-state index contributed by atoms with van der Waals surface area (Å²) in [4.78, 5) is 12.1. The third-order valence-corrected chi connectivity index (χ3v) is 5.01. The minimum absolute atomic E-state index is 0.0669. The molecule has 2 nitrogen and oxygen atoms in total. The van der Waals surface area contributed by atoms with Gasteiger partial charge in [-0.3, -0.25) is 4.79 Å². The second-order valence-electron chi connectivity index (χ2n) is 6.46. The predicted octanol–water partition coefficient (Wildman–Crippen LogP) is 6.46. The van der Waals surface area contributed by atoms with Crippen LogP contribution in [0.25, 0.3) is 27.7 Å². The second kappa shape index (κ2) is 6.47. The van der Waals surface area contributed by atoms with Gasteiger partial charge < -0.3 is 4.57 Å². The van der Waals surface area contributed by atoms with Gasteiger partial charge in [0.1, 0.15) is 0 Å². The summed E-state index contributed by atoms with van der Waals surface area (Å²) in [6.07, 6.45) is 0. The molecule has 1 heterocycles. The first-order chi connectivity index (χ1) is 12.5. The van der Waals surface area contributed by atoms with Gasteiger partial charge in [0.2, 0.25) is 0 Å². The molecule has 0 fully saturated rings. The number of aromatic nitrogens is 1. The van der Waals surface area contributed by atoms with Crippen LogP contribution in [0.5, 0.6) is 0 Å². The molecule has 0 saturated heterocycles. The molecule has 1 aromatic heterocycles. The number of nitrogens with zero attached hydrogens (tertiary/aromatic N) is 1. The predicted molar refractivity (Wildman–Crippen MR) is 108 cm³/mol. The van der Waals surface area contributed by atoms with Gasteiger partial charge in [-0.2, -0.15) is 0 Å². The van der Waals surface area contributed by atoms with Crippen molar-refractivity contribution in [1.82, 2.24) is 4.57 Å². The van der Waals surface area contributed by atoms with E-state index in [1.54, 1.807) is 6.92 Å². The second-order valence-corrected chi connectivity index (χ2v) is 6.90. The summed E-state index contributed by atoms with van der Waals surface area (Å²) in [5.74, 6) is 0.0669. The van der Waals surface area contributed by atoms with Gasteiger partial charge >= 0.3 is 0 Å². The zero-order valence-corrected chi connectivity index (χ0v) is 15.4. The standard InChI is InChI=1S/C23H18ClNO/c1-15-22(16(2)26)14-23(25(15)21-11-9-20(24)10-12-21)19-8-7-17-5-3-4-6-18(17)13-19/h3-14H,1-2H3. The SMILES string of the molecule is CC(=O)c1cc(-c2ccc3ccccc3c2)n(-c2ccc(Cl)cc2)c1C. The quantitative estimate of drug-likeness (QED) is 0.384. The minimum atomic E-state index is 0.0669. The van der Waals surface area contributed by atoms with Crippen molar-refractivity contribution in [3.63, 3.8) is 0 Å². The Balaban J connectivity index is 1.98. The Morgan fingerprint density at radius 3 is 2.27 bits per heavy atom. The van der Waals surface area contributed by atoms with Crippen LogP contribution >= 0.6 is 11.6 Å². The number of hydrogen-bond acceptors (Lipinski definition) is 1. The number of carbonyl (C=O) groups is 1. The van der Waals surface area contributed by atoms with Crippen molar-refractivity contribution >= 4 is 28.2 Å². The van der Waals surface area contributed by atoms with Gasteiger partial charge in [-0.1, -0.05) is 48.0 Å². The molecule has 0 bridgehead atoms. The molecule has 3 aromatic carbocycles. The topological polar surface area (TPSA) is 22.0 Å². The molecule has 0 aliphatic rings. The molecule has 0 spiro atoms. The summed E-state index contributed by atoms with van der Waals surface area (Å²) in [7, 11) is 0. The summed E-state index contributed by atoms with van der Waals surface area (Å²) < 4.78 is 2.12. The number of ketones is 1. The molecule has 26 heavy (non-hydrogen) atoms. The van der Waals surface area contributed by atoms with E-state index in [-0.39, 0.29) is 5.78 Å². The summed E-state index contributed by atoms with van der Waals surface area (Å²) in [6.45, 7) is 3.59. The van der Waals surface area contributed by atoms with Crippen molar-refractivity contribution in [2.45, 2.75) is 13.8 Å². The van der Waals surface area contributed by atoms with Gasteiger partial charge in [-0.15, -0.1) is 0 Å². The summed E-state index contributed by atoms with van der Waals surface area (Å²) >= 11 is 6.05. The van der Waals surface area contributed by atoms with Crippen molar-refractivity contribution in [2.75, 3.05) is 0 Å². The molecule has 3 heteroatoms. The number of rotatable bonds is 3. The van der Waals surface area contributed by atoms with Crippen LogP contribution in [0.4, 0.5) is 0 Å². The summed E-state index contributed by atoms with van der Waals surface area (Å²) in [5, 5.41) is 3.07. The maximum Gasteiger partial charge on any atom is 0.161 e. The fourth-order valence-corrected chi connectivity index (χ4v) is 3.57. The van der Waals surface area contributed by atoms with Crippen LogP contribution in [0.15, 0.2) is 72.8 Å². The Morgan fingerprint density at radius 2 is 1.58 bits per heavy atom. The lowest BCUT2D eigenvalue weighted by molar-refractivity contribution is 0.101. The lowest BCUT2D eigenvalue weighted by Crippen LogP contribution is -2.01. The highest BCUT2D eigenvalue weighted by molar-refractivity contribution is 6.30. The highest BCUT2D eigenvalue weighted by Crippen LogP contribution is 2.32. The summed E-state index contributed by atoms with van der Waals surface area (Å²) in [6, 6.07) is 24.3. The number of fused-ring (bicyclic) bond motifs is 1. The molecule has 0 atom stereocenters. The van der Waals surface area contributed by atoms with E-state index in [0.29, 0.717) is 5.02 Å². The van der Waals surface area contributed by atoms with Crippen molar-refractivity contribution in [3.8, 4) is 16.9 Å². The highest BCUT2D eigenvalue weighted by atomic mass is 35.5. The number of carbonyl (C=O) groups excluding carboxylic acids is 1. The third kappa shape index (κ3) is 2.83. The lowest BCUT2D eigenvalue weighted by Gasteiger charge is -2.13. The van der Waals surface area contributed by atoms with Gasteiger partial charge in [0.15, 0.2) is 5.78 Å². The lowest BCUT2D eigenvalue weighted by atomic mass is 10.0. The maximum absolute atomic E-state index is 12.1. The van der Waals surface area contributed by atoms with Crippen LogP contribution in [0, 0.1) is 6.92 Å². The average molecular weight is 360 g/mol. The number of hydrogen-bond donors (Lipinski definition) is 0. The monoisotopic (exact) mass is 359 g/mol. The molecule has 0 aliphatic heterocycles. The van der Waals surface area contributed by atoms with E-state index in [2.05, 4.69) is 34.9 Å². The first-order valence-corrected chi connectivity index (χ1v) is 8.91. The van der Waals surface area contributed by atoms with Crippen LogP contribution in [-0.2, 0) is 0 Å². The van der Waals surface area contributed by atoms with Crippen LogP contribution in [0.1, 0.15) is 23.0 Å². The molecular formula is C23H18ClNO. The smallest absolute Gasteiger partial charge is 0.161 e. The van der Waals surface area contributed by atoms with Crippen molar-refractivity contribution in [3.05, 3.63) is 89.1 Å². The van der Waals surface area contributed by atoms with E-state index in [9.17, 15) is 4.79 Å². The van der Waals surface area contributed by atoms with Gasteiger partial charge in [-0.25, -0.2) is 0 Å². The van der Waals surface area contributed by atoms with Crippen LogP contribution in [0.2, 0.25) is 5.02 Å². The average Bonchev–Trinajstić information content (AvgIpc) is 2.99. The Morgan fingerprint density at radius 1 is 0.885 bits per heavy atom. The zero-order chi connectivity index (χ0) is 18.3. The van der Waals surface area contributed by atoms with E-state index >= 15 is 0 Å². The Labute approximate surface area is 157 Å². The first-order valence-electron chi connectivity index (χ1n) is 8.53. The molecule has 4 rings (SSSR count). The zero-order valence-electron chi connectivity index (χ0n) is 14.7. The third-order valence-electron chi connectivity index (χ3n) is 4.76. The van der Waals surface area contributed by atoms with Gasteiger partial charge in [0.05, 0.1) is 5.69 Å². The normalized spacial score (nSPS) is 11.0. The molecule has 0 saturated carbocycles. The molecule has 0 amide bonds. The van der Waals surface area contributed by atoms with Crippen molar-refractivity contribution in [1.29, 1.82) is 0 Å². The molecular weight excluding hydrogens is 342 g/mol. The molecule has 0 unspecified atom stereocenters. The molecule has 0 N–H and O–H groups in total. The molecule has 4 aromatic rings. The van der Waals surface area contributed by atoms with Crippen LogP contribution in [-0.4, -0.2) is 10.4 Å². The van der Waals surface area contributed by atoms with E-state index in [4.69, 9.17) is 11.6 Å². The van der Waals surface area contributed by atoms with Crippen LogP contribution in [0.3, 0.4) is 0 Å². The molecule has 0 radical (unpaired) electrons. The number of benzene rings is 3. The minimum Gasteiger partial charge on any atom is -0.313 e. The first kappa shape index (κ1) is 16.6. The fourth-order valence-electron chi connectivity index (χ4n) is 3.45. The Kier molecular flexibility index (Phi) is 4.14. The van der Waals surface area contributed by atoms with Gasteiger partial charge in [0.25, 0.3) is 0 Å². The number of halogens is 1. The van der Waals surface area contributed by atoms with E-state index in [1.165, 1.54) is 10.8 Å². The Bertz CT molecular complexity index is 1120. The van der Waals surface area contributed by atoms with Crippen molar-refractivity contribution < 1.29 is 4.79 Å². The van der Waals surface area contributed by atoms with Gasteiger partial charge in [0, 0.05) is 22.0 Å². The summed E-state index contributed by atoms with van der Waals surface area (Å²) in [5.41, 5.74) is 4.74. The van der Waals surface area contributed by atoms with Crippen LogP contribution < -0.4 is 0 Å². The maximum atomic E-state index is 12.1. The molecule has 0 aliphatic carbocycles. The van der Waals surface area contributed by atoms with E-state index in [1.807, 2.05) is 49.4 Å². The Hall–Kier alpha value is -2.84. The molecule has 128 valence electrons. The van der Waals surface area contributed by atoms with Crippen molar-refractivity contribution in [2.24, 2.45) is 0 Å². The highest BCUT2D eigenvalue weighted by Gasteiger charge is 2.17. The largest absolute Gasteiger partial charge is 0.313 e. The van der Waals surface area contributed by atoms with E-state index in [0.717, 1.165) is 28.2 Å². The van der Waals surface area contributed by atoms with E-state index < -0.39 is 0 Å².